The van der Waals surface area contributed by atoms with Gasteiger partial charge in [-0.15, -0.1) is 0 Å². The van der Waals surface area contributed by atoms with Crippen molar-refractivity contribution in [2.75, 3.05) is 19.5 Å². The fraction of sp³-hybridized carbons (Fsp3) is 0.308. The third-order valence-electron chi connectivity index (χ3n) is 6.36. The molecule has 1 aliphatic heterocycles. The Balaban J connectivity index is 1.85. The second-order valence-electron chi connectivity index (χ2n) is 9.10. The molecule has 5 heteroatoms. The Morgan fingerprint density at radius 3 is 2.68 bits per heavy atom. The standard InChI is InChI=1S/C26H26N2O3/c1-26(2)13-20-25(21(29)14-26)24(17-12-15(30-3)7-10-22(17)31-4)23-16-6-5-11-27-18(16)8-9-19(23)28-20/h5-12,24,28H,13-14H2,1-4H3/t24-/m0/s1. The lowest BCUT2D eigenvalue weighted by molar-refractivity contribution is -0.118. The number of ketones is 1. The van der Waals surface area contributed by atoms with Crippen LogP contribution in [-0.4, -0.2) is 25.0 Å². The molecular weight excluding hydrogens is 388 g/mol. The van der Waals surface area contributed by atoms with Crippen LogP contribution < -0.4 is 14.8 Å². The van der Waals surface area contributed by atoms with Gasteiger partial charge < -0.3 is 14.8 Å². The Kier molecular flexibility index (Phi) is 4.50. The van der Waals surface area contributed by atoms with Gasteiger partial charge in [0.1, 0.15) is 11.5 Å². The van der Waals surface area contributed by atoms with Gasteiger partial charge in [-0.1, -0.05) is 19.9 Å². The van der Waals surface area contributed by atoms with E-state index in [2.05, 4.69) is 36.3 Å². The van der Waals surface area contributed by atoms with Crippen molar-refractivity contribution in [1.82, 2.24) is 4.98 Å². The van der Waals surface area contributed by atoms with Gasteiger partial charge in [0.2, 0.25) is 0 Å². The largest absolute Gasteiger partial charge is 0.497 e. The summed E-state index contributed by atoms with van der Waals surface area (Å²) < 4.78 is 11.3. The number of nitrogens with zero attached hydrogens (tertiary/aromatic N) is 1. The lowest BCUT2D eigenvalue weighted by Gasteiger charge is -2.40. The molecule has 2 aromatic carbocycles. The van der Waals surface area contributed by atoms with Crippen LogP contribution in [0.15, 0.2) is 59.9 Å². The van der Waals surface area contributed by atoms with Gasteiger partial charge in [-0.2, -0.15) is 0 Å². The number of rotatable bonds is 3. The highest BCUT2D eigenvalue weighted by atomic mass is 16.5. The molecule has 2 aliphatic rings. The zero-order valence-electron chi connectivity index (χ0n) is 18.3. The minimum Gasteiger partial charge on any atom is -0.497 e. The molecule has 0 amide bonds. The fourth-order valence-corrected chi connectivity index (χ4v) is 5.06. The van der Waals surface area contributed by atoms with Crippen LogP contribution in [0, 0.1) is 5.41 Å². The van der Waals surface area contributed by atoms with Crippen molar-refractivity contribution in [3.05, 3.63) is 71.1 Å². The minimum atomic E-state index is -0.257. The maximum Gasteiger partial charge on any atom is 0.162 e. The molecule has 0 saturated carbocycles. The van der Waals surface area contributed by atoms with Crippen molar-refractivity contribution >= 4 is 22.4 Å². The second kappa shape index (κ2) is 7.12. The van der Waals surface area contributed by atoms with Gasteiger partial charge in [0.15, 0.2) is 5.78 Å². The van der Waals surface area contributed by atoms with Gasteiger partial charge in [-0.3, -0.25) is 9.78 Å². The number of anilines is 1. The highest BCUT2D eigenvalue weighted by Crippen LogP contribution is 2.52. The number of hydrogen-bond acceptors (Lipinski definition) is 5. The topological polar surface area (TPSA) is 60.5 Å². The highest BCUT2D eigenvalue weighted by molar-refractivity contribution is 6.04. The minimum absolute atomic E-state index is 0.0815. The van der Waals surface area contributed by atoms with E-state index < -0.39 is 0 Å². The quantitative estimate of drug-likeness (QED) is 0.617. The predicted octanol–water partition coefficient (Wildman–Crippen LogP) is 5.45. The fourth-order valence-electron chi connectivity index (χ4n) is 5.06. The van der Waals surface area contributed by atoms with Crippen LogP contribution in [-0.2, 0) is 4.79 Å². The first-order valence-electron chi connectivity index (χ1n) is 10.5. The first-order chi connectivity index (χ1) is 14.9. The molecule has 2 heterocycles. The third kappa shape index (κ3) is 3.16. The first kappa shape index (κ1) is 19.6. The Bertz CT molecular complexity index is 1240. The summed E-state index contributed by atoms with van der Waals surface area (Å²) >= 11 is 0. The number of carbonyl (C=O) groups excluding carboxylic acids is 1. The second-order valence-corrected chi connectivity index (χ2v) is 9.10. The van der Waals surface area contributed by atoms with Crippen LogP contribution in [0.25, 0.3) is 10.9 Å². The number of carbonyl (C=O) groups is 1. The smallest absolute Gasteiger partial charge is 0.162 e. The number of ether oxygens (including phenoxy) is 2. The van der Waals surface area contributed by atoms with Crippen LogP contribution >= 0.6 is 0 Å². The zero-order valence-corrected chi connectivity index (χ0v) is 18.3. The lowest BCUT2D eigenvalue weighted by atomic mass is 9.68. The van der Waals surface area contributed by atoms with E-state index in [-0.39, 0.29) is 17.1 Å². The molecule has 5 nitrogen and oxygen atoms in total. The number of methoxy groups -OCH3 is 2. The number of hydrogen-bond donors (Lipinski definition) is 1. The summed E-state index contributed by atoms with van der Waals surface area (Å²) in [5, 5.41) is 4.64. The van der Waals surface area contributed by atoms with Gasteiger partial charge in [-0.25, -0.2) is 0 Å². The summed E-state index contributed by atoms with van der Waals surface area (Å²) in [7, 11) is 3.32. The molecule has 158 valence electrons. The van der Waals surface area contributed by atoms with Crippen molar-refractivity contribution in [2.24, 2.45) is 5.41 Å². The van der Waals surface area contributed by atoms with Gasteiger partial charge >= 0.3 is 0 Å². The third-order valence-corrected chi connectivity index (χ3v) is 6.36. The van der Waals surface area contributed by atoms with Crippen LogP contribution in [0.3, 0.4) is 0 Å². The molecule has 1 aromatic heterocycles. The lowest BCUT2D eigenvalue weighted by Crippen LogP contribution is -2.34. The molecule has 0 spiro atoms. The molecule has 1 aliphatic carbocycles. The molecule has 0 saturated heterocycles. The maximum absolute atomic E-state index is 13.5. The van der Waals surface area contributed by atoms with E-state index in [9.17, 15) is 4.79 Å². The molecule has 0 bridgehead atoms. The summed E-state index contributed by atoms with van der Waals surface area (Å²) in [6, 6.07) is 13.9. The molecule has 0 radical (unpaired) electrons. The van der Waals surface area contributed by atoms with E-state index in [1.54, 1.807) is 20.4 Å². The van der Waals surface area contributed by atoms with Crippen molar-refractivity contribution in [3.8, 4) is 11.5 Å². The summed E-state index contributed by atoms with van der Waals surface area (Å²) in [5.74, 6) is 1.40. The van der Waals surface area contributed by atoms with E-state index in [0.29, 0.717) is 6.42 Å². The summed E-state index contributed by atoms with van der Waals surface area (Å²) in [5.41, 5.74) is 5.66. The van der Waals surface area contributed by atoms with E-state index in [1.807, 2.05) is 30.3 Å². The normalized spacial score (nSPS) is 19.5. The predicted molar refractivity (Wildman–Crippen MR) is 122 cm³/mol. The summed E-state index contributed by atoms with van der Waals surface area (Å²) in [6.45, 7) is 4.30. The monoisotopic (exact) mass is 414 g/mol. The maximum atomic E-state index is 13.5. The Labute approximate surface area is 182 Å². The van der Waals surface area contributed by atoms with Crippen molar-refractivity contribution < 1.29 is 14.3 Å². The average Bonchev–Trinajstić information content (AvgIpc) is 2.76. The van der Waals surface area contributed by atoms with Crippen LogP contribution in [0.2, 0.25) is 0 Å². The zero-order chi connectivity index (χ0) is 21.8. The number of allylic oxidation sites excluding steroid dienone is 2. The molecule has 5 rings (SSSR count). The molecule has 0 fully saturated rings. The van der Waals surface area contributed by atoms with E-state index in [4.69, 9.17) is 9.47 Å². The Morgan fingerprint density at radius 1 is 1.06 bits per heavy atom. The molecular formula is C26H26N2O3. The van der Waals surface area contributed by atoms with Crippen LogP contribution in [0.4, 0.5) is 5.69 Å². The summed E-state index contributed by atoms with van der Waals surface area (Å²) in [6.07, 6.45) is 3.14. The van der Waals surface area contributed by atoms with Crippen LogP contribution in [0.5, 0.6) is 11.5 Å². The molecule has 0 unspecified atom stereocenters. The van der Waals surface area contributed by atoms with E-state index >= 15 is 0 Å². The SMILES string of the molecule is COc1ccc(OC)c([C@@H]2C3=C(CC(C)(C)CC3=O)Nc3ccc4ncccc4c32)c1. The van der Waals surface area contributed by atoms with Gasteiger partial charge in [0, 0.05) is 46.4 Å². The molecule has 3 aromatic rings. The number of benzene rings is 2. The van der Waals surface area contributed by atoms with E-state index in [0.717, 1.165) is 56.9 Å². The van der Waals surface area contributed by atoms with Gasteiger partial charge in [0.25, 0.3) is 0 Å². The number of nitrogens with one attached hydrogen (secondary N) is 1. The number of Topliss-reactive ketones (excluding diaryl/α,β-unsaturated/α-hetero) is 1. The molecule has 1 N–H and O–H groups in total. The number of fused-ring (bicyclic) bond motifs is 3. The van der Waals surface area contributed by atoms with E-state index in [1.165, 1.54) is 0 Å². The average molecular weight is 415 g/mol. The van der Waals surface area contributed by atoms with Crippen molar-refractivity contribution in [2.45, 2.75) is 32.6 Å². The van der Waals surface area contributed by atoms with Crippen LogP contribution in [0.1, 0.15) is 43.7 Å². The highest BCUT2D eigenvalue weighted by Gasteiger charge is 2.42. The van der Waals surface area contributed by atoms with Gasteiger partial charge in [-0.05, 0) is 53.8 Å². The van der Waals surface area contributed by atoms with Gasteiger partial charge in [0.05, 0.1) is 19.7 Å². The number of aromatic nitrogens is 1. The Hall–Kier alpha value is -3.34. The molecule has 31 heavy (non-hydrogen) atoms. The number of pyridine rings is 1. The molecule has 1 atom stereocenters. The van der Waals surface area contributed by atoms with Crippen molar-refractivity contribution in [1.29, 1.82) is 0 Å². The summed E-state index contributed by atoms with van der Waals surface area (Å²) in [4.78, 5) is 18.1. The van der Waals surface area contributed by atoms with Crippen molar-refractivity contribution in [3.63, 3.8) is 0 Å². The first-order valence-corrected chi connectivity index (χ1v) is 10.5. The Morgan fingerprint density at radius 2 is 1.90 bits per heavy atom.